The summed E-state index contributed by atoms with van der Waals surface area (Å²) in [5.41, 5.74) is 2.70. The molecular formula is C13H8N4OS2. The Morgan fingerprint density at radius 1 is 1.10 bits per heavy atom. The highest BCUT2D eigenvalue weighted by Crippen LogP contribution is 2.39. The molecular weight excluding hydrogens is 292 g/mol. The van der Waals surface area contributed by atoms with E-state index in [1.54, 1.807) is 11.3 Å². The van der Waals surface area contributed by atoms with Crippen molar-refractivity contribution in [1.82, 2.24) is 14.9 Å². The summed E-state index contributed by atoms with van der Waals surface area (Å²) in [7, 11) is 0. The van der Waals surface area contributed by atoms with Gasteiger partial charge in [0.2, 0.25) is 0 Å². The molecule has 3 aromatic heterocycles. The normalized spacial score (nSPS) is 11.2. The minimum absolute atomic E-state index is 0.151. The fraction of sp³-hybridized carbons (Fsp3) is 0. The number of benzene rings is 1. The molecule has 0 aliphatic carbocycles. The molecule has 1 amide bonds. The van der Waals surface area contributed by atoms with Crippen LogP contribution in [0.4, 0.5) is 0 Å². The maximum atomic E-state index is 12.1. The summed E-state index contributed by atoms with van der Waals surface area (Å²) in [6, 6.07) is 10.2. The van der Waals surface area contributed by atoms with E-state index in [0.29, 0.717) is 4.88 Å². The SMILES string of the molecule is O=C(Nn1cnnc1)c1cc2sc3ccccc3c2s1. The maximum Gasteiger partial charge on any atom is 0.280 e. The largest absolute Gasteiger partial charge is 0.280 e. The Labute approximate surface area is 121 Å². The second kappa shape index (κ2) is 4.39. The second-order valence-electron chi connectivity index (χ2n) is 4.21. The highest BCUT2D eigenvalue weighted by Gasteiger charge is 2.14. The van der Waals surface area contributed by atoms with Gasteiger partial charge < -0.3 is 0 Å². The number of nitrogens with one attached hydrogen (secondary N) is 1. The summed E-state index contributed by atoms with van der Waals surface area (Å²) in [6.45, 7) is 0. The number of hydrogen-bond donors (Lipinski definition) is 1. The Balaban J connectivity index is 1.75. The molecule has 0 fully saturated rings. The number of aromatic nitrogens is 3. The molecule has 0 saturated heterocycles. The van der Waals surface area contributed by atoms with Gasteiger partial charge in [0.1, 0.15) is 12.7 Å². The lowest BCUT2D eigenvalue weighted by Crippen LogP contribution is -2.20. The minimum atomic E-state index is -0.151. The first-order valence-electron chi connectivity index (χ1n) is 5.88. The van der Waals surface area contributed by atoms with Gasteiger partial charge in [0.25, 0.3) is 5.91 Å². The smallest absolute Gasteiger partial charge is 0.266 e. The first-order chi connectivity index (χ1) is 9.81. The number of carbonyl (C=O) groups is 1. The topological polar surface area (TPSA) is 59.8 Å². The van der Waals surface area contributed by atoms with Crippen molar-refractivity contribution in [3.05, 3.63) is 47.9 Å². The van der Waals surface area contributed by atoms with E-state index < -0.39 is 0 Å². The van der Waals surface area contributed by atoms with Crippen LogP contribution in [0.5, 0.6) is 0 Å². The highest BCUT2D eigenvalue weighted by atomic mass is 32.1. The average Bonchev–Trinajstić information content (AvgIpc) is 3.12. The van der Waals surface area contributed by atoms with E-state index in [1.165, 1.54) is 43.5 Å². The van der Waals surface area contributed by atoms with Crippen LogP contribution in [0.1, 0.15) is 9.67 Å². The summed E-state index contributed by atoms with van der Waals surface area (Å²) >= 11 is 3.21. The van der Waals surface area contributed by atoms with E-state index in [-0.39, 0.29) is 5.91 Å². The molecule has 4 aromatic rings. The third-order valence-electron chi connectivity index (χ3n) is 2.92. The van der Waals surface area contributed by atoms with Gasteiger partial charge in [0, 0.05) is 14.8 Å². The number of carbonyl (C=O) groups excluding carboxylic acids is 1. The molecule has 0 aliphatic heterocycles. The van der Waals surface area contributed by atoms with Crippen LogP contribution in [0.3, 0.4) is 0 Å². The van der Waals surface area contributed by atoms with Crippen LogP contribution in [0.25, 0.3) is 19.5 Å². The Hall–Kier alpha value is -2.25. The predicted octanol–water partition coefficient (Wildman–Crippen LogP) is 3.09. The van der Waals surface area contributed by atoms with E-state index in [1.807, 2.05) is 18.2 Å². The minimum Gasteiger partial charge on any atom is -0.266 e. The van der Waals surface area contributed by atoms with Crippen LogP contribution in [0.2, 0.25) is 0 Å². The molecule has 5 nitrogen and oxygen atoms in total. The fourth-order valence-electron chi connectivity index (χ4n) is 2.04. The van der Waals surface area contributed by atoms with Crippen molar-refractivity contribution in [3.8, 4) is 0 Å². The second-order valence-corrected chi connectivity index (χ2v) is 6.35. The third kappa shape index (κ3) is 1.79. The van der Waals surface area contributed by atoms with Crippen molar-refractivity contribution in [2.24, 2.45) is 0 Å². The average molecular weight is 300 g/mol. The summed E-state index contributed by atoms with van der Waals surface area (Å²) in [5.74, 6) is -0.151. The van der Waals surface area contributed by atoms with Crippen LogP contribution in [0, 0.1) is 0 Å². The summed E-state index contributed by atoms with van der Waals surface area (Å²) < 4.78 is 5.00. The molecule has 0 radical (unpaired) electrons. The molecule has 0 spiro atoms. The Morgan fingerprint density at radius 2 is 1.90 bits per heavy atom. The molecule has 98 valence electrons. The van der Waals surface area contributed by atoms with E-state index in [2.05, 4.69) is 27.8 Å². The Bertz CT molecular complexity index is 907. The third-order valence-corrected chi connectivity index (χ3v) is 5.34. The van der Waals surface area contributed by atoms with Gasteiger partial charge in [-0.05, 0) is 12.1 Å². The summed E-state index contributed by atoms with van der Waals surface area (Å²) in [4.78, 5) is 12.8. The standard InChI is InChI=1S/C13H8N4OS2/c18-13(16-17-6-14-15-7-17)11-5-10-12(20-11)8-3-1-2-4-9(8)19-10/h1-7H,(H,16,18). The number of rotatable bonds is 2. The van der Waals surface area contributed by atoms with E-state index in [0.717, 1.165) is 4.70 Å². The number of fused-ring (bicyclic) bond motifs is 3. The van der Waals surface area contributed by atoms with Gasteiger partial charge in [-0.15, -0.1) is 32.9 Å². The van der Waals surface area contributed by atoms with Crippen molar-refractivity contribution in [2.75, 3.05) is 5.43 Å². The zero-order valence-corrected chi connectivity index (χ0v) is 11.7. The molecule has 0 atom stereocenters. The molecule has 0 aliphatic rings. The molecule has 0 saturated carbocycles. The van der Waals surface area contributed by atoms with Crippen LogP contribution >= 0.6 is 22.7 Å². The Morgan fingerprint density at radius 3 is 2.75 bits per heavy atom. The molecule has 4 rings (SSSR count). The van der Waals surface area contributed by atoms with Crippen LogP contribution in [-0.2, 0) is 0 Å². The van der Waals surface area contributed by atoms with Gasteiger partial charge in [-0.1, -0.05) is 18.2 Å². The van der Waals surface area contributed by atoms with E-state index >= 15 is 0 Å². The zero-order chi connectivity index (χ0) is 13.5. The molecule has 1 aromatic carbocycles. The predicted molar refractivity (Wildman–Crippen MR) is 80.9 cm³/mol. The van der Waals surface area contributed by atoms with Crippen molar-refractivity contribution >= 4 is 48.1 Å². The first kappa shape index (κ1) is 11.6. The lowest BCUT2D eigenvalue weighted by atomic mass is 10.2. The lowest BCUT2D eigenvalue weighted by Gasteiger charge is -2.01. The van der Waals surface area contributed by atoms with E-state index in [4.69, 9.17) is 0 Å². The molecule has 20 heavy (non-hydrogen) atoms. The van der Waals surface area contributed by atoms with Gasteiger partial charge in [0.05, 0.1) is 9.58 Å². The molecule has 0 bridgehead atoms. The number of thiophene rings is 2. The maximum absolute atomic E-state index is 12.1. The van der Waals surface area contributed by atoms with Crippen LogP contribution < -0.4 is 5.43 Å². The van der Waals surface area contributed by atoms with Crippen molar-refractivity contribution in [2.45, 2.75) is 0 Å². The number of hydrogen-bond acceptors (Lipinski definition) is 5. The number of nitrogens with zero attached hydrogens (tertiary/aromatic N) is 3. The zero-order valence-electron chi connectivity index (χ0n) is 10.1. The van der Waals surface area contributed by atoms with Crippen LogP contribution in [-0.4, -0.2) is 20.8 Å². The van der Waals surface area contributed by atoms with Gasteiger partial charge >= 0.3 is 0 Å². The Kier molecular flexibility index (Phi) is 2.54. The van der Waals surface area contributed by atoms with Gasteiger partial charge in [-0.25, -0.2) is 4.68 Å². The molecule has 3 heterocycles. The highest BCUT2D eigenvalue weighted by molar-refractivity contribution is 7.33. The monoisotopic (exact) mass is 300 g/mol. The van der Waals surface area contributed by atoms with Crippen molar-refractivity contribution in [3.63, 3.8) is 0 Å². The van der Waals surface area contributed by atoms with Gasteiger partial charge in [-0.3, -0.25) is 10.2 Å². The summed E-state index contributed by atoms with van der Waals surface area (Å²) in [5, 5.41) is 8.50. The van der Waals surface area contributed by atoms with E-state index in [9.17, 15) is 4.79 Å². The summed E-state index contributed by atoms with van der Waals surface area (Å²) in [6.07, 6.45) is 2.90. The molecule has 1 N–H and O–H groups in total. The van der Waals surface area contributed by atoms with Gasteiger partial charge in [0.15, 0.2) is 0 Å². The van der Waals surface area contributed by atoms with Gasteiger partial charge in [-0.2, -0.15) is 0 Å². The molecule has 7 heteroatoms. The van der Waals surface area contributed by atoms with Crippen molar-refractivity contribution < 1.29 is 4.79 Å². The first-order valence-corrected chi connectivity index (χ1v) is 7.51. The quantitative estimate of drug-likeness (QED) is 0.619. The van der Waals surface area contributed by atoms with Crippen molar-refractivity contribution in [1.29, 1.82) is 0 Å². The molecule has 0 unspecified atom stereocenters. The van der Waals surface area contributed by atoms with Crippen LogP contribution in [0.15, 0.2) is 43.0 Å². The lowest BCUT2D eigenvalue weighted by molar-refractivity contribution is 0.101. The number of amides is 1. The fourth-order valence-corrected chi connectivity index (χ4v) is 4.46.